The van der Waals surface area contributed by atoms with Gasteiger partial charge >= 0.3 is 12.1 Å². The van der Waals surface area contributed by atoms with E-state index in [9.17, 15) is 18.0 Å². The summed E-state index contributed by atoms with van der Waals surface area (Å²) in [5.74, 6) is -1.98. The Morgan fingerprint density at radius 3 is 2.58 bits per heavy atom. The van der Waals surface area contributed by atoms with Crippen LogP contribution in [-0.4, -0.2) is 50.3 Å². The van der Waals surface area contributed by atoms with Crippen molar-refractivity contribution in [1.29, 1.82) is 0 Å². The lowest BCUT2D eigenvalue weighted by atomic mass is 9.99. The summed E-state index contributed by atoms with van der Waals surface area (Å²) < 4.78 is 52.6. The minimum absolute atomic E-state index is 0.104. The number of rotatable bonds is 4. The Morgan fingerprint density at radius 1 is 1.47 bits per heavy atom. The Bertz CT molecular complexity index is 311. The smallest absolute Gasteiger partial charge is 0.374 e. The Hall–Kier alpha value is -0.860. The summed E-state index contributed by atoms with van der Waals surface area (Å²) in [4.78, 5) is 11.0. The van der Waals surface area contributed by atoms with E-state index in [1.807, 2.05) is 5.32 Å². The van der Waals surface area contributed by atoms with Gasteiger partial charge in [0.15, 0.2) is 6.29 Å². The van der Waals surface area contributed by atoms with E-state index in [4.69, 9.17) is 14.2 Å². The average Bonchev–Trinajstić information content (AvgIpc) is 2.31. The molecule has 4 atom stereocenters. The van der Waals surface area contributed by atoms with E-state index >= 15 is 0 Å². The van der Waals surface area contributed by atoms with Crippen LogP contribution in [0.1, 0.15) is 20.3 Å². The summed E-state index contributed by atoms with van der Waals surface area (Å²) in [6.07, 6.45) is -6.58. The van der Waals surface area contributed by atoms with Gasteiger partial charge in [-0.15, -0.1) is 0 Å². The number of nitrogens with one attached hydrogen (secondary N) is 1. The summed E-state index contributed by atoms with van der Waals surface area (Å²) in [5, 5.41) is 1.94. The molecule has 1 aliphatic heterocycles. The van der Waals surface area contributed by atoms with Crippen molar-refractivity contribution in [3.8, 4) is 0 Å². The quantitative estimate of drug-likeness (QED) is 0.844. The number of hydrogen-bond acceptors (Lipinski definition) is 4. The van der Waals surface area contributed by atoms with Gasteiger partial charge in [0.2, 0.25) is 0 Å². The molecule has 0 saturated carbocycles. The third kappa shape index (κ3) is 4.32. The number of methoxy groups -OCH3 is 1. The van der Waals surface area contributed by atoms with E-state index in [-0.39, 0.29) is 6.42 Å². The van der Waals surface area contributed by atoms with Crippen molar-refractivity contribution in [3.63, 3.8) is 0 Å². The number of ether oxygens (including phenoxy) is 3. The van der Waals surface area contributed by atoms with Crippen LogP contribution in [0.3, 0.4) is 0 Å². The molecular formula is C11H18F3NO4. The van der Waals surface area contributed by atoms with Crippen LogP contribution in [0.4, 0.5) is 13.2 Å². The Balaban J connectivity index is 2.76. The van der Waals surface area contributed by atoms with Crippen molar-refractivity contribution in [2.75, 3.05) is 13.7 Å². The molecule has 8 heteroatoms. The van der Waals surface area contributed by atoms with Crippen molar-refractivity contribution in [1.82, 2.24) is 5.32 Å². The van der Waals surface area contributed by atoms with Gasteiger partial charge in [0, 0.05) is 20.1 Å². The van der Waals surface area contributed by atoms with Crippen molar-refractivity contribution < 1.29 is 32.2 Å². The zero-order valence-corrected chi connectivity index (χ0v) is 11.0. The molecule has 1 saturated heterocycles. The zero-order chi connectivity index (χ0) is 14.6. The minimum atomic E-state index is -4.92. The molecule has 0 aromatic heterocycles. The first-order valence-corrected chi connectivity index (χ1v) is 5.97. The highest BCUT2D eigenvalue weighted by Crippen LogP contribution is 2.24. The number of hydrogen-bond donors (Lipinski definition) is 1. The van der Waals surface area contributed by atoms with E-state index in [1.165, 1.54) is 7.11 Å². The van der Waals surface area contributed by atoms with E-state index in [0.717, 1.165) is 0 Å². The van der Waals surface area contributed by atoms with Gasteiger partial charge in [-0.2, -0.15) is 13.2 Å². The number of carbonyl (C=O) groups excluding carboxylic acids is 1. The van der Waals surface area contributed by atoms with Crippen molar-refractivity contribution >= 4 is 5.91 Å². The second-order valence-corrected chi connectivity index (χ2v) is 4.24. The normalized spacial score (nSPS) is 32.1. The number of halogens is 3. The molecule has 19 heavy (non-hydrogen) atoms. The first kappa shape index (κ1) is 16.2. The lowest BCUT2D eigenvalue weighted by Gasteiger charge is -2.40. The van der Waals surface area contributed by atoms with Gasteiger partial charge in [-0.05, 0) is 13.8 Å². The van der Waals surface area contributed by atoms with Gasteiger partial charge in [-0.1, -0.05) is 0 Å². The van der Waals surface area contributed by atoms with Gasteiger partial charge in [0.05, 0.1) is 12.1 Å². The second-order valence-electron chi connectivity index (χ2n) is 4.24. The summed E-state index contributed by atoms with van der Waals surface area (Å²) >= 11 is 0. The van der Waals surface area contributed by atoms with Crippen LogP contribution in [0, 0.1) is 0 Å². The molecule has 1 amide bonds. The molecule has 1 aliphatic rings. The lowest BCUT2D eigenvalue weighted by Crippen LogP contribution is -2.58. The second kappa shape index (κ2) is 6.53. The molecule has 1 heterocycles. The number of alkyl halides is 3. The van der Waals surface area contributed by atoms with Crippen LogP contribution in [0.25, 0.3) is 0 Å². The maximum absolute atomic E-state index is 12.3. The molecule has 1 fully saturated rings. The Kier molecular flexibility index (Phi) is 5.57. The molecule has 112 valence electrons. The van der Waals surface area contributed by atoms with E-state index in [0.29, 0.717) is 6.61 Å². The molecule has 0 spiro atoms. The van der Waals surface area contributed by atoms with Gasteiger partial charge in [-0.3, -0.25) is 4.79 Å². The third-order valence-electron chi connectivity index (χ3n) is 2.87. The first-order chi connectivity index (χ1) is 8.79. The predicted octanol–water partition coefficient (Wildman–Crippen LogP) is 1.22. The summed E-state index contributed by atoms with van der Waals surface area (Å²) in [5.41, 5.74) is 0. The SMILES string of the molecule is CCO[C@@H]1[C@@H](NC(=O)C(F)(F)F)C[C@@H](OC)O[C@@H]1C. The predicted molar refractivity (Wildman–Crippen MR) is 59.4 cm³/mol. The van der Waals surface area contributed by atoms with Gasteiger partial charge in [0.1, 0.15) is 6.10 Å². The van der Waals surface area contributed by atoms with E-state index in [2.05, 4.69) is 0 Å². The van der Waals surface area contributed by atoms with Crippen LogP contribution in [0.15, 0.2) is 0 Å². The maximum atomic E-state index is 12.3. The van der Waals surface area contributed by atoms with Crippen LogP contribution >= 0.6 is 0 Å². The topological polar surface area (TPSA) is 56.8 Å². The Labute approximate surface area is 109 Å². The molecule has 1 rings (SSSR count). The van der Waals surface area contributed by atoms with E-state index in [1.54, 1.807) is 13.8 Å². The maximum Gasteiger partial charge on any atom is 0.471 e. The number of amides is 1. The largest absolute Gasteiger partial charge is 0.471 e. The van der Waals surface area contributed by atoms with Crippen molar-refractivity contribution in [2.24, 2.45) is 0 Å². The van der Waals surface area contributed by atoms with Gasteiger partial charge in [-0.25, -0.2) is 0 Å². The number of carbonyl (C=O) groups is 1. The van der Waals surface area contributed by atoms with Crippen LogP contribution in [0.5, 0.6) is 0 Å². The highest BCUT2D eigenvalue weighted by Gasteiger charge is 2.44. The fourth-order valence-electron chi connectivity index (χ4n) is 2.03. The molecule has 0 aromatic carbocycles. The highest BCUT2D eigenvalue weighted by molar-refractivity contribution is 5.82. The van der Waals surface area contributed by atoms with Crippen LogP contribution < -0.4 is 5.32 Å². The molecule has 1 N–H and O–H groups in total. The van der Waals surface area contributed by atoms with Crippen LogP contribution in [-0.2, 0) is 19.0 Å². The van der Waals surface area contributed by atoms with E-state index < -0.39 is 36.6 Å². The van der Waals surface area contributed by atoms with Crippen molar-refractivity contribution in [2.45, 2.75) is 51.0 Å². The Morgan fingerprint density at radius 2 is 2.11 bits per heavy atom. The molecule has 0 unspecified atom stereocenters. The molecule has 5 nitrogen and oxygen atoms in total. The standard InChI is InChI=1S/C11H18F3NO4/c1-4-18-9-6(2)19-8(17-3)5-7(9)15-10(16)11(12,13)14/h6-9H,4-5H2,1-3H3,(H,15,16)/t6-,7+,8+,9+/m1/s1. The first-order valence-electron chi connectivity index (χ1n) is 5.97. The van der Waals surface area contributed by atoms with Crippen LogP contribution in [0.2, 0.25) is 0 Å². The molecule has 0 bridgehead atoms. The highest BCUT2D eigenvalue weighted by atomic mass is 19.4. The summed E-state index contributed by atoms with van der Waals surface area (Å²) in [7, 11) is 1.39. The molecular weight excluding hydrogens is 267 g/mol. The zero-order valence-electron chi connectivity index (χ0n) is 11.0. The summed E-state index contributed by atoms with van der Waals surface area (Å²) in [6.45, 7) is 3.70. The molecule has 0 aromatic rings. The third-order valence-corrected chi connectivity index (χ3v) is 2.87. The van der Waals surface area contributed by atoms with Gasteiger partial charge in [0.25, 0.3) is 0 Å². The molecule has 0 aliphatic carbocycles. The summed E-state index contributed by atoms with van der Waals surface area (Å²) in [6, 6.07) is -0.803. The average molecular weight is 285 g/mol. The fourth-order valence-corrected chi connectivity index (χ4v) is 2.03. The fraction of sp³-hybridized carbons (Fsp3) is 0.909. The minimum Gasteiger partial charge on any atom is -0.374 e. The van der Waals surface area contributed by atoms with Gasteiger partial charge < -0.3 is 19.5 Å². The van der Waals surface area contributed by atoms with Crippen molar-refractivity contribution in [3.05, 3.63) is 0 Å². The lowest BCUT2D eigenvalue weighted by molar-refractivity contribution is -0.226. The molecule has 0 radical (unpaired) electrons. The monoisotopic (exact) mass is 285 g/mol.